The second-order valence-electron chi connectivity index (χ2n) is 6.57. The Balaban J connectivity index is 2.03. The molecule has 3 aromatic carbocycles. The van der Waals surface area contributed by atoms with Crippen LogP contribution in [0.15, 0.2) is 58.3 Å². The Morgan fingerprint density at radius 3 is 2.00 bits per heavy atom. The molecule has 0 aliphatic carbocycles. The number of thiol groups is 1. The summed E-state index contributed by atoms with van der Waals surface area (Å²) >= 11 is 4.33. The van der Waals surface area contributed by atoms with E-state index in [4.69, 9.17) is 5.14 Å². The first kappa shape index (κ1) is 23.0. The van der Waals surface area contributed by atoms with Gasteiger partial charge in [0.05, 0.1) is 0 Å². The third-order valence-corrected chi connectivity index (χ3v) is 5.67. The predicted octanol–water partition coefficient (Wildman–Crippen LogP) is 5.44. The lowest BCUT2D eigenvalue weighted by Gasteiger charge is -2.14. The molecule has 0 saturated carbocycles. The third-order valence-electron chi connectivity index (χ3n) is 4.34. The number of nitrogens with two attached hydrogens (primary N) is 1. The van der Waals surface area contributed by atoms with E-state index in [1.165, 1.54) is 37.3 Å². The third kappa shape index (κ3) is 5.17. The minimum Gasteiger partial charge on any atom is -0.405 e. The summed E-state index contributed by atoms with van der Waals surface area (Å²) in [5.41, 5.74) is 1.42. The smallest absolute Gasteiger partial charge is 0.405 e. The summed E-state index contributed by atoms with van der Waals surface area (Å²) in [5, 5.41) is 4.82. The van der Waals surface area contributed by atoms with Crippen LogP contribution in [0.5, 0.6) is 5.75 Å². The molecule has 0 aromatic heterocycles. The van der Waals surface area contributed by atoms with Gasteiger partial charge in [0.2, 0.25) is 10.0 Å². The summed E-state index contributed by atoms with van der Waals surface area (Å²) in [6.07, 6.45) is -4.85. The first-order chi connectivity index (χ1) is 14.3. The molecule has 0 amide bonds. The highest BCUT2D eigenvalue weighted by atomic mass is 32.2. The van der Waals surface area contributed by atoms with Gasteiger partial charge in [-0.2, -0.15) is 0 Å². The summed E-state index contributed by atoms with van der Waals surface area (Å²) in [7, 11) is -4.59. The van der Waals surface area contributed by atoms with Crippen molar-refractivity contribution < 1.29 is 35.1 Å². The Morgan fingerprint density at radius 1 is 0.903 bits per heavy atom. The second-order valence-corrected chi connectivity index (χ2v) is 8.55. The average molecular weight is 475 g/mol. The van der Waals surface area contributed by atoms with Gasteiger partial charge in [-0.15, -0.1) is 25.8 Å². The van der Waals surface area contributed by atoms with Crippen LogP contribution < -0.4 is 9.88 Å². The number of hydrogen-bond donors (Lipinski definition) is 2. The van der Waals surface area contributed by atoms with E-state index >= 15 is 0 Å². The molecule has 3 aromatic rings. The summed E-state index contributed by atoms with van der Waals surface area (Å²) in [6, 6.07) is 10.3. The van der Waals surface area contributed by atoms with Crippen molar-refractivity contribution in [3.8, 4) is 28.0 Å². The normalized spacial score (nSPS) is 12.1. The van der Waals surface area contributed by atoms with Crippen LogP contribution in [-0.4, -0.2) is 14.8 Å². The van der Waals surface area contributed by atoms with E-state index in [-0.39, 0.29) is 16.9 Å². The zero-order valence-electron chi connectivity index (χ0n) is 15.7. The summed E-state index contributed by atoms with van der Waals surface area (Å²) in [5.74, 6) is -3.07. The van der Waals surface area contributed by atoms with Crippen molar-refractivity contribution in [1.82, 2.24) is 0 Å². The topological polar surface area (TPSA) is 69.4 Å². The van der Waals surface area contributed by atoms with Crippen LogP contribution in [0.25, 0.3) is 22.3 Å². The maximum Gasteiger partial charge on any atom is 0.573 e. The van der Waals surface area contributed by atoms with Gasteiger partial charge in [0, 0.05) is 4.90 Å². The van der Waals surface area contributed by atoms with Crippen LogP contribution in [0.2, 0.25) is 0 Å². The molecule has 0 fully saturated rings. The van der Waals surface area contributed by atoms with E-state index < -0.39 is 32.9 Å². The quantitative estimate of drug-likeness (QED) is 0.390. The Labute approximate surface area is 179 Å². The number of alkyl halides is 3. The van der Waals surface area contributed by atoms with Crippen LogP contribution >= 0.6 is 12.6 Å². The van der Waals surface area contributed by atoms with E-state index in [2.05, 4.69) is 17.4 Å². The van der Waals surface area contributed by atoms with Crippen molar-refractivity contribution >= 4 is 22.7 Å². The van der Waals surface area contributed by atoms with Gasteiger partial charge in [0.15, 0.2) is 4.90 Å². The average Bonchev–Trinajstić information content (AvgIpc) is 2.60. The van der Waals surface area contributed by atoms with Gasteiger partial charge in [0.1, 0.15) is 17.4 Å². The van der Waals surface area contributed by atoms with Gasteiger partial charge >= 0.3 is 6.36 Å². The van der Waals surface area contributed by atoms with Crippen LogP contribution in [0.3, 0.4) is 0 Å². The van der Waals surface area contributed by atoms with Crippen molar-refractivity contribution in [1.29, 1.82) is 0 Å². The Kier molecular flexibility index (Phi) is 6.05. The Hall–Kier alpha value is -2.63. The maximum absolute atomic E-state index is 14.1. The lowest BCUT2D eigenvalue weighted by molar-refractivity contribution is -0.274. The minimum absolute atomic E-state index is 0.0225. The van der Waals surface area contributed by atoms with Crippen molar-refractivity contribution in [3.05, 3.63) is 65.7 Å². The summed E-state index contributed by atoms with van der Waals surface area (Å²) < 4.78 is 92.7. The number of sulfonamides is 1. The van der Waals surface area contributed by atoms with Crippen molar-refractivity contribution in [2.45, 2.75) is 23.1 Å². The summed E-state index contributed by atoms with van der Waals surface area (Å²) in [6.45, 7) is 1.46. The molecule has 0 unspecified atom stereocenters. The van der Waals surface area contributed by atoms with Gasteiger partial charge in [-0.1, -0.05) is 24.3 Å². The minimum atomic E-state index is -4.85. The molecule has 4 nitrogen and oxygen atoms in total. The highest BCUT2D eigenvalue weighted by Gasteiger charge is 2.32. The van der Waals surface area contributed by atoms with Gasteiger partial charge in [0.25, 0.3) is 0 Å². The fraction of sp³-hybridized carbons (Fsp3) is 0.100. The number of aryl methyl sites for hydroxylation is 1. The predicted molar refractivity (Wildman–Crippen MR) is 107 cm³/mol. The van der Waals surface area contributed by atoms with Crippen molar-refractivity contribution in [3.63, 3.8) is 0 Å². The molecule has 0 aliphatic rings. The highest BCUT2D eigenvalue weighted by molar-refractivity contribution is 7.89. The van der Waals surface area contributed by atoms with Crippen LogP contribution in [0.1, 0.15) is 5.56 Å². The molecule has 0 aliphatic heterocycles. The number of hydrogen-bond acceptors (Lipinski definition) is 4. The molecule has 0 heterocycles. The number of ether oxygens (including phenoxy) is 1. The molecule has 164 valence electrons. The monoisotopic (exact) mass is 475 g/mol. The zero-order chi connectivity index (χ0) is 23.1. The second kappa shape index (κ2) is 8.13. The standard InChI is InChI=1S/C20H14F5NO3S2/c1-10-2-3-12(8-17(10)29-20(23,24)25)14-5-4-11(9-18(14)30)13-6-15(21)19(16(22)7-13)31(26,27)28/h2-9,30H,1H3,(H2,26,27,28). The molecule has 2 N–H and O–H groups in total. The molecule has 0 spiro atoms. The number of halogens is 5. The lowest BCUT2D eigenvalue weighted by atomic mass is 9.99. The first-order valence-corrected chi connectivity index (χ1v) is 10.5. The summed E-state index contributed by atoms with van der Waals surface area (Å²) in [4.78, 5) is -0.938. The van der Waals surface area contributed by atoms with Crippen LogP contribution in [0.4, 0.5) is 22.0 Å². The van der Waals surface area contributed by atoms with Gasteiger partial charge < -0.3 is 4.74 Å². The van der Waals surface area contributed by atoms with E-state index in [1.807, 2.05) is 0 Å². The largest absolute Gasteiger partial charge is 0.573 e. The Morgan fingerprint density at radius 2 is 1.48 bits per heavy atom. The van der Waals surface area contributed by atoms with E-state index in [9.17, 15) is 30.4 Å². The molecule has 3 rings (SSSR count). The fourth-order valence-corrected chi connectivity index (χ4v) is 3.96. The van der Waals surface area contributed by atoms with Crippen molar-refractivity contribution in [2.75, 3.05) is 0 Å². The van der Waals surface area contributed by atoms with E-state index in [0.717, 1.165) is 12.1 Å². The van der Waals surface area contributed by atoms with E-state index in [0.29, 0.717) is 21.6 Å². The molecule has 0 atom stereocenters. The molecule has 0 radical (unpaired) electrons. The molecule has 11 heteroatoms. The molecular weight excluding hydrogens is 461 g/mol. The highest BCUT2D eigenvalue weighted by Crippen LogP contribution is 2.36. The van der Waals surface area contributed by atoms with Gasteiger partial charge in [-0.25, -0.2) is 22.3 Å². The maximum atomic E-state index is 14.1. The fourth-order valence-electron chi connectivity index (χ4n) is 2.96. The Bertz CT molecular complexity index is 1250. The van der Waals surface area contributed by atoms with Crippen molar-refractivity contribution in [2.24, 2.45) is 5.14 Å². The van der Waals surface area contributed by atoms with Crippen LogP contribution in [0, 0.1) is 18.6 Å². The first-order valence-electron chi connectivity index (χ1n) is 8.48. The SMILES string of the molecule is Cc1ccc(-c2ccc(-c3cc(F)c(S(N)(=O)=O)c(F)c3)cc2S)cc1OC(F)(F)F. The lowest BCUT2D eigenvalue weighted by Crippen LogP contribution is -2.17. The number of primary sulfonamides is 1. The number of rotatable bonds is 4. The van der Waals surface area contributed by atoms with Crippen LogP contribution in [-0.2, 0) is 10.0 Å². The number of benzene rings is 3. The molecule has 0 saturated heterocycles. The van der Waals surface area contributed by atoms with Gasteiger partial charge in [-0.3, -0.25) is 0 Å². The molecular formula is C20H14F5NO3S2. The zero-order valence-corrected chi connectivity index (χ0v) is 17.4. The molecule has 0 bridgehead atoms. The molecule has 31 heavy (non-hydrogen) atoms. The van der Waals surface area contributed by atoms with E-state index in [1.54, 1.807) is 6.07 Å². The van der Waals surface area contributed by atoms with Gasteiger partial charge in [-0.05, 0) is 59.0 Å².